The van der Waals surface area contributed by atoms with E-state index in [-0.39, 0.29) is 5.91 Å². The summed E-state index contributed by atoms with van der Waals surface area (Å²) < 4.78 is 2.18. The van der Waals surface area contributed by atoms with E-state index in [0.717, 1.165) is 55.4 Å². The minimum atomic E-state index is -0.00984. The average Bonchev–Trinajstić information content (AvgIpc) is 3.04. The van der Waals surface area contributed by atoms with Gasteiger partial charge in [0.2, 0.25) is 5.91 Å². The van der Waals surface area contributed by atoms with Crippen molar-refractivity contribution in [3.8, 4) is 0 Å². The van der Waals surface area contributed by atoms with Gasteiger partial charge in [0.1, 0.15) is 5.82 Å². The van der Waals surface area contributed by atoms with Crippen molar-refractivity contribution in [3.05, 3.63) is 53.3 Å². The zero-order valence-corrected chi connectivity index (χ0v) is 17.6. The van der Waals surface area contributed by atoms with Crippen molar-refractivity contribution < 1.29 is 4.79 Å². The van der Waals surface area contributed by atoms with Crippen molar-refractivity contribution in [2.24, 2.45) is 7.05 Å². The Morgan fingerprint density at radius 2 is 1.90 bits per heavy atom. The van der Waals surface area contributed by atoms with Gasteiger partial charge in [-0.25, -0.2) is 4.98 Å². The Bertz CT molecular complexity index is 1020. The molecule has 1 fully saturated rings. The van der Waals surface area contributed by atoms with E-state index in [9.17, 15) is 4.79 Å². The number of nitrogens with zero attached hydrogens (tertiary/aromatic N) is 4. The Balaban J connectivity index is 1.39. The molecule has 2 heterocycles. The number of fused-ring (bicyclic) bond motifs is 1. The standard InChI is InChI=1S/C22H26ClN5O/c1-3-22(29)24-16-8-9-19(17(23)14-16)28-12-10-27(11-13-28)15-21-25-18-6-4-5-7-20(18)26(21)2/h4-9,14H,3,10-13,15H2,1-2H3,(H,24,29). The highest BCUT2D eigenvalue weighted by Crippen LogP contribution is 2.30. The molecule has 0 saturated carbocycles. The number of hydrogen-bond donors (Lipinski definition) is 1. The maximum Gasteiger partial charge on any atom is 0.224 e. The van der Waals surface area contributed by atoms with Crippen molar-refractivity contribution in [2.75, 3.05) is 36.4 Å². The number of imidazole rings is 1. The van der Waals surface area contributed by atoms with Crippen molar-refractivity contribution in [1.29, 1.82) is 0 Å². The molecule has 0 aliphatic carbocycles. The summed E-state index contributed by atoms with van der Waals surface area (Å²) in [7, 11) is 2.08. The molecule has 1 aliphatic rings. The van der Waals surface area contributed by atoms with E-state index in [4.69, 9.17) is 16.6 Å². The van der Waals surface area contributed by atoms with Gasteiger partial charge in [-0.1, -0.05) is 30.7 Å². The van der Waals surface area contributed by atoms with Gasteiger partial charge in [0.15, 0.2) is 0 Å². The van der Waals surface area contributed by atoms with Crippen LogP contribution in [0.5, 0.6) is 0 Å². The molecule has 1 saturated heterocycles. The fraction of sp³-hybridized carbons (Fsp3) is 0.364. The second-order valence-corrected chi connectivity index (χ2v) is 7.81. The number of anilines is 2. The van der Waals surface area contributed by atoms with Crippen LogP contribution in [0.3, 0.4) is 0 Å². The lowest BCUT2D eigenvalue weighted by Gasteiger charge is -2.36. The molecule has 0 unspecified atom stereocenters. The van der Waals surface area contributed by atoms with Crippen LogP contribution in [0.15, 0.2) is 42.5 Å². The number of aromatic nitrogens is 2. The van der Waals surface area contributed by atoms with Crippen molar-refractivity contribution >= 4 is 39.9 Å². The lowest BCUT2D eigenvalue weighted by atomic mass is 10.2. The predicted molar refractivity (Wildman–Crippen MR) is 119 cm³/mol. The Morgan fingerprint density at radius 1 is 1.14 bits per heavy atom. The fourth-order valence-corrected chi connectivity index (χ4v) is 4.07. The molecular formula is C22H26ClN5O. The lowest BCUT2D eigenvalue weighted by molar-refractivity contribution is -0.115. The highest BCUT2D eigenvalue weighted by atomic mass is 35.5. The molecular weight excluding hydrogens is 386 g/mol. The van der Waals surface area contributed by atoms with Gasteiger partial charge >= 0.3 is 0 Å². The van der Waals surface area contributed by atoms with Gasteiger partial charge in [0, 0.05) is 45.3 Å². The second kappa shape index (κ2) is 8.43. The van der Waals surface area contributed by atoms with Gasteiger partial charge in [0.05, 0.1) is 28.3 Å². The van der Waals surface area contributed by atoms with Crippen LogP contribution in [0, 0.1) is 0 Å². The molecule has 6 nitrogen and oxygen atoms in total. The molecule has 0 atom stereocenters. The predicted octanol–water partition coefficient (Wildman–Crippen LogP) is 3.90. The first kappa shape index (κ1) is 19.7. The van der Waals surface area contributed by atoms with Gasteiger partial charge in [-0.3, -0.25) is 9.69 Å². The Hall–Kier alpha value is -2.57. The largest absolute Gasteiger partial charge is 0.368 e. The topological polar surface area (TPSA) is 53.4 Å². The summed E-state index contributed by atoms with van der Waals surface area (Å²) in [6.45, 7) is 6.39. The van der Waals surface area contributed by atoms with Gasteiger partial charge in [-0.15, -0.1) is 0 Å². The van der Waals surface area contributed by atoms with Gasteiger partial charge < -0.3 is 14.8 Å². The van der Waals surface area contributed by atoms with E-state index in [1.165, 1.54) is 5.52 Å². The summed E-state index contributed by atoms with van der Waals surface area (Å²) in [6.07, 6.45) is 0.451. The number of halogens is 1. The van der Waals surface area contributed by atoms with Gasteiger partial charge in [-0.05, 0) is 30.3 Å². The second-order valence-electron chi connectivity index (χ2n) is 7.41. The van der Waals surface area contributed by atoms with Crippen LogP contribution in [0.25, 0.3) is 11.0 Å². The molecule has 29 heavy (non-hydrogen) atoms. The molecule has 1 N–H and O–H groups in total. The van der Waals surface area contributed by atoms with Gasteiger partial charge in [0.25, 0.3) is 0 Å². The number of para-hydroxylation sites is 2. The monoisotopic (exact) mass is 411 g/mol. The van der Waals surface area contributed by atoms with Crippen molar-refractivity contribution in [2.45, 2.75) is 19.9 Å². The van der Waals surface area contributed by atoms with E-state index in [1.54, 1.807) is 0 Å². The summed E-state index contributed by atoms with van der Waals surface area (Å²) in [5, 5.41) is 3.52. The Morgan fingerprint density at radius 3 is 2.59 bits per heavy atom. The van der Waals surface area contributed by atoms with Crippen LogP contribution >= 0.6 is 11.6 Å². The summed E-state index contributed by atoms with van der Waals surface area (Å²) in [6, 6.07) is 14.0. The van der Waals surface area contributed by atoms with Crippen molar-refractivity contribution in [3.63, 3.8) is 0 Å². The molecule has 4 rings (SSSR count). The number of nitrogens with one attached hydrogen (secondary N) is 1. The zero-order chi connectivity index (χ0) is 20.4. The quantitative estimate of drug-likeness (QED) is 0.691. The van der Waals surface area contributed by atoms with Crippen LogP contribution in [0.4, 0.5) is 11.4 Å². The molecule has 3 aromatic rings. The van der Waals surface area contributed by atoms with Crippen LogP contribution in [0.1, 0.15) is 19.2 Å². The first-order chi connectivity index (χ1) is 14.0. The minimum Gasteiger partial charge on any atom is -0.368 e. The minimum absolute atomic E-state index is 0.00984. The first-order valence-electron chi connectivity index (χ1n) is 10.0. The third-order valence-electron chi connectivity index (χ3n) is 5.51. The van der Waals surface area contributed by atoms with E-state index in [2.05, 4.69) is 44.9 Å². The molecule has 1 aliphatic heterocycles. The number of amides is 1. The molecule has 0 spiro atoms. The van der Waals surface area contributed by atoms with Crippen LogP contribution in [-0.2, 0) is 18.4 Å². The molecule has 2 aromatic carbocycles. The molecule has 1 amide bonds. The summed E-state index contributed by atoms with van der Waals surface area (Å²) >= 11 is 6.50. The van der Waals surface area contributed by atoms with E-state index < -0.39 is 0 Å². The highest BCUT2D eigenvalue weighted by Gasteiger charge is 2.21. The van der Waals surface area contributed by atoms with Crippen LogP contribution in [-0.4, -0.2) is 46.5 Å². The van der Waals surface area contributed by atoms with Crippen LogP contribution < -0.4 is 10.2 Å². The maximum absolute atomic E-state index is 11.6. The summed E-state index contributed by atoms with van der Waals surface area (Å²) in [4.78, 5) is 21.1. The number of aryl methyl sites for hydroxylation is 1. The average molecular weight is 412 g/mol. The molecule has 7 heteroatoms. The molecule has 1 aromatic heterocycles. The fourth-order valence-electron chi connectivity index (χ4n) is 3.77. The molecule has 0 radical (unpaired) electrons. The number of hydrogen-bond acceptors (Lipinski definition) is 4. The number of carbonyl (C=O) groups is 1. The Labute approximate surface area is 176 Å². The van der Waals surface area contributed by atoms with E-state index >= 15 is 0 Å². The SMILES string of the molecule is CCC(=O)Nc1ccc(N2CCN(Cc3nc4ccccc4n3C)CC2)c(Cl)c1. The first-order valence-corrected chi connectivity index (χ1v) is 10.4. The zero-order valence-electron chi connectivity index (χ0n) is 16.9. The lowest BCUT2D eigenvalue weighted by Crippen LogP contribution is -2.46. The van der Waals surface area contributed by atoms with E-state index in [1.807, 2.05) is 31.2 Å². The smallest absolute Gasteiger partial charge is 0.224 e. The van der Waals surface area contributed by atoms with Crippen LogP contribution in [0.2, 0.25) is 5.02 Å². The molecule has 0 bridgehead atoms. The Kier molecular flexibility index (Phi) is 5.74. The third kappa shape index (κ3) is 4.23. The maximum atomic E-state index is 11.6. The third-order valence-corrected chi connectivity index (χ3v) is 5.81. The normalized spacial score (nSPS) is 15.1. The van der Waals surface area contributed by atoms with Crippen molar-refractivity contribution in [1.82, 2.24) is 14.5 Å². The summed E-state index contributed by atoms with van der Waals surface area (Å²) in [5.41, 5.74) is 3.98. The number of rotatable bonds is 5. The van der Waals surface area contributed by atoms with E-state index in [0.29, 0.717) is 11.4 Å². The number of benzene rings is 2. The number of piperazine rings is 1. The highest BCUT2D eigenvalue weighted by molar-refractivity contribution is 6.33. The number of carbonyl (C=O) groups excluding carboxylic acids is 1. The molecule has 152 valence electrons. The summed E-state index contributed by atoms with van der Waals surface area (Å²) in [5.74, 6) is 1.08. The van der Waals surface area contributed by atoms with Gasteiger partial charge in [-0.2, -0.15) is 0 Å².